The molecule has 1 aromatic carbocycles. The second kappa shape index (κ2) is 39.6. The fourth-order valence-electron chi connectivity index (χ4n) is 9.66. The average Bonchev–Trinajstić information content (AvgIpc) is 3.36. The molecule has 2 aliphatic carbocycles. The van der Waals surface area contributed by atoms with E-state index in [0.717, 1.165) is 55.9 Å². The molecular weight excluding hydrogens is 909 g/mol. The van der Waals surface area contributed by atoms with E-state index in [-0.39, 0.29) is 37.5 Å². The third-order valence-corrected chi connectivity index (χ3v) is 15.1. The van der Waals surface area contributed by atoms with E-state index in [1.165, 1.54) is 178 Å². The second-order valence-corrected chi connectivity index (χ2v) is 21.2. The first-order chi connectivity index (χ1) is 34.1. The lowest BCUT2D eigenvalue weighted by molar-refractivity contribution is -0.140. The van der Waals surface area contributed by atoms with E-state index in [1.807, 2.05) is 0 Å². The predicted octanol–water partition coefficient (Wildman–Crippen LogP) is 12.3. The van der Waals surface area contributed by atoms with Crippen LogP contribution in [0.15, 0.2) is 24.3 Å². The van der Waals surface area contributed by atoms with Gasteiger partial charge < -0.3 is 41.0 Å². The molecule has 3 rings (SSSR count). The normalized spacial score (nSPS) is 15.1. The minimum absolute atomic E-state index is 0.104. The van der Waals surface area contributed by atoms with E-state index in [4.69, 9.17) is 14.6 Å². The van der Waals surface area contributed by atoms with Crippen LogP contribution in [-0.2, 0) is 30.4 Å². The van der Waals surface area contributed by atoms with E-state index in [1.54, 1.807) is 12.1 Å². The van der Waals surface area contributed by atoms with Crippen molar-refractivity contribution in [2.24, 2.45) is 11.8 Å². The molecule has 2 saturated carbocycles. The van der Waals surface area contributed by atoms with Gasteiger partial charge in [-0.3, -0.25) is 14.4 Å². The zero-order valence-electron chi connectivity index (χ0n) is 42.8. The number of hydrogen-bond donors (Lipinski definition) is 6. The largest absolute Gasteiger partial charge is 0.481 e. The molecule has 1 aromatic rings. The maximum Gasteiger partial charge on any atom is 0.407 e. The van der Waals surface area contributed by atoms with E-state index in [0.29, 0.717) is 24.6 Å². The molecule has 2 aliphatic rings. The lowest BCUT2D eigenvalue weighted by atomic mass is 9.85. The summed E-state index contributed by atoms with van der Waals surface area (Å²) in [7, 11) is 0. The summed E-state index contributed by atoms with van der Waals surface area (Å²) < 4.78 is 11.2. The number of rotatable bonds is 40. The summed E-state index contributed by atoms with van der Waals surface area (Å²) in [6.45, 7) is 1.14. The highest BCUT2D eigenvalue weighted by Gasteiger charge is 2.22. The monoisotopic (exact) mass is 1000 g/mol. The van der Waals surface area contributed by atoms with Crippen molar-refractivity contribution in [3.63, 3.8) is 0 Å². The summed E-state index contributed by atoms with van der Waals surface area (Å²) in [4.78, 5) is 73.0. The Bertz CT molecular complexity index is 1590. The number of benzene rings is 1. The van der Waals surface area contributed by atoms with Gasteiger partial charge in [-0.2, -0.15) is 11.8 Å². The molecule has 4 amide bonds. The zero-order valence-corrected chi connectivity index (χ0v) is 43.6. The molecule has 0 heterocycles. The third kappa shape index (κ3) is 31.4. The Morgan fingerprint density at radius 2 is 1.07 bits per heavy atom. The minimum atomic E-state index is -1.33. The number of carboxylic acids is 2. The number of thioether (sulfide) groups is 1. The van der Waals surface area contributed by atoms with Crippen LogP contribution in [0.5, 0.6) is 0 Å². The van der Waals surface area contributed by atoms with Gasteiger partial charge in [0.05, 0.1) is 0 Å². The molecule has 0 aromatic heterocycles. The summed E-state index contributed by atoms with van der Waals surface area (Å²) in [6.07, 6.45) is 36.9. The molecule has 2 fully saturated rings. The number of unbranched alkanes of at least 4 members (excludes halogenated alkanes) is 16. The molecule has 1 unspecified atom stereocenters. The highest BCUT2D eigenvalue weighted by molar-refractivity contribution is 7.99. The van der Waals surface area contributed by atoms with Crippen LogP contribution in [0.2, 0.25) is 0 Å². The average molecular weight is 1000 g/mol. The smallest absolute Gasteiger partial charge is 0.407 e. The first-order valence-electron chi connectivity index (χ1n) is 27.6. The Morgan fingerprint density at radius 1 is 0.586 bits per heavy atom. The van der Waals surface area contributed by atoms with Crippen LogP contribution in [0.25, 0.3) is 0 Å². The summed E-state index contributed by atoms with van der Waals surface area (Å²) in [5.41, 5.74) is 0.922. The molecule has 0 bridgehead atoms. The van der Waals surface area contributed by atoms with Crippen LogP contribution in [-0.4, -0.2) is 89.5 Å². The number of amides is 4. The molecule has 14 nitrogen and oxygen atoms in total. The molecule has 0 aliphatic heterocycles. The highest BCUT2D eigenvalue weighted by Crippen LogP contribution is 2.29. The van der Waals surface area contributed by atoms with Gasteiger partial charge >= 0.3 is 24.1 Å². The second-order valence-electron chi connectivity index (χ2n) is 20.0. The fraction of sp³-hybridized carbons (Fsp3) is 0.782. The molecule has 0 spiro atoms. The number of hydrogen-bond acceptors (Lipinski definition) is 9. The molecule has 15 heteroatoms. The number of aliphatic carboxylic acids is 2. The van der Waals surface area contributed by atoms with E-state index < -0.39 is 48.6 Å². The van der Waals surface area contributed by atoms with Crippen molar-refractivity contribution in [1.29, 1.82) is 0 Å². The fourth-order valence-corrected chi connectivity index (χ4v) is 10.6. The first-order valence-corrected chi connectivity index (χ1v) is 28.8. The van der Waals surface area contributed by atoms with Crippen molar-refractivity contribution < 1.29 is 48.5 Å². The van der Waals surface area contributed by atoms with Crippen molar-refractivity contribution in [1.82, 2.24) is 21.3 Å². The van der Waals surface area contributed by atoms with Gasteiger partial charge in [0, 0.05) is 49.5 Å². The van der Waals surface area contributed by atoms with Crippen LogP contribution in [0.1, 0.15) is 228 Å². The van der Waals surface area contributed by atoms with Gasteiger partial charge in [-0.05, 0) is 48.8 Å². The molecule has 70 heavy (non-hydrogen) atoms. The maximum absolute atomic E-state index is 12.8. The van der Waals surface area contributed by atoms with Gasteiger partial charge in [0.2, 0.25) is 5.91 Å². The van der Waals surface area contributed by atoms with Crippen LogP contribution in [0.3, 0.4) is 0 Å². The summed E-state index contributed by atoms with van der Waals surface area (Å²) in [5.74, 6) is -0.583. The third-order valence-electron chi connectivity index (χ3n) is 14.0. The highest BCUT2D eigenvalue weighted by atomic mass is 32.2. The molecule has 2 atom stereocenters. The Hall–Kier alpha value is -4.01. The first kappa shape index (κ1) is 60.3. The number of nitrogens with one attached hydrogen (secondary N) is 4. The summed E-state index contributed by atoms with van der Waals surface area (Å²) in [5, 5.41) is 29.1. The molecule has 0 radical (unpaired) electrons. The van der Waals surface area contributed by atoms with Crippen LogP contribution in [0, 0.1) is 11.8 Å². The Labute approximate surface area is 424 Å². The van der Waals surface area contributed by atoms with Crippen LogP contribution in [0.4, 0.5) is 9.59 Å². The molecule has 6 N–H and O–H groups in total. The van der Waals surface area contributed by atoms with Gasteiger partial charge in [0.1, 0.15) is 18.8 Å². The number of carbonyl (C=O) groups is 6. The number of carboxylic acid groups (broad SMARTS) is 2. The molecular formula is C55H92N4O10S. The summed E-state index contributed by atoms with van der Waals surface area (Å²) in [6, 6.07) is 4.96. The van der Waals surface area contributed by atoms with Crippen LogP contribution >= 0.6 is 11.8 Å². The van der Waals surface area contributed by atoms with Gasteiger partial charge in [-0.15, -0.1) is 0 Å². The zero-order chi connectivity index (χ0) is 50.3. The Morgan fingerprint density at radius 3 is 1.57 bits per heavy atom. The number of carbonyl (C=O) groups excluding carboxylic acids is 4. The summed E-state index contributed by atoms with van der Waals surface area (Å²) >= 11 is 1.42. The van der Waals surface area contributed by atoms with E-state index in [9.17, 15) is 33.9 Å². The van der Waals surface area contributed by atoms with E-state index in [2.05, 4.69) is 21.3 Å². The van der Waals surface area contributed by atoms with Crippen molar-refractivity contribution in [3.05, 3.63) is 35.4 Å². The van der Waals surface area contributed by atoms with Gasteiger partial charge in [0.25, 0.3) is 5.91 Å². The minimum Gasteiger partial charge on any atom is -0.481 e. The topological polar surface area (TPSA) is 209 Å². The van der Waals surface area contributed by atoms with Gasteiger partial charge in [-0.1, -0.05) is 192 Å². The SMILES string of the molecule is O=C(O)CC[C@H](NC(=O)c1ccc(CNC(=O)CCSCC(COC(=O)NCCCCCCCCCCCC2CCCCC2)OC(=O)NCCCCCCCCCCCC2CCCCC2)cc1)C(=O)O. The van der Waals surface area contributed by atoms with Gasteiger partial charge in [-0.25, -0.2) is 14.4 Å². The van der Waals surface area contributed by atoms with Crippen molar-refractivity contribution in [2.45, 2.75) is 231 Å². The van der Waals surface area contributed by atoms with Gasteiger partial charge in [0.15, 0.2) is 0 Å². The standard InChI is InChI=1S/C55H92N4O10S/c60-50(58-41-46-31-33-47(34-32-46)52(63)59-49(53(64)65)35-36-51(61)62)37-40-70-43-48(69-55(67)57-39-24-14-10-6-2-4-8-12-18-26-45-29-21-16-22-30-45)42-68-54(66)56-38-23-13-9-5-1-3-7-11-17-25-44-27-19-15-20-28-44/h31-34,44-45,48-49H,1-30,35-43H2,(H,56,66)(H,57,67)(H,58,60)(H,59,63)(H,61,62)(H,64,65)/t48?,49-/m0/s1. The van der Waals surface area contributed by atoms with Crippen molar-refractivity contribution >= 4 is 47.7 Å². The quantitative estimate of drug-likeness (QED) is 0.0341. The lowest BCUT2D eigenvalue weighted by Crippen LogP contribution is -2.41. The maximum atomic E-state index is 12.8. The number of alkyl carbamates (subject to hydrolysis) is 2. The Kier molecular flexibility index (Phi) is 34.1. The Balaban J connectivity index is 1.29. The van der Waals surface area contributed by atoms with Crippen molar-refractivity contribution in [3.8, 4) is 0 Å². The molecule has 398 valence electrons. The van der Waals surface area contributed by atoms with Crippen molar-refractivity contribution in [2.75, 3.05) is 31.2 Å². The lowest BCUT2D eigenvalue weighted by Gasteiger charge is -2.21. The van der Waals surface area contributed by atoms with E-state index >= 15 is 0 Å². The van der Waals surface area contributed by atoms with Crippen LogP contribution < -0.4 is 21.3 Å². The predicted molar refractivity (Wildman–Crippen MR) is 279 cm³/mol. The molecule has 0 saturated heterocycles. The number of ether oxygens (including phenoxy) is 2.